The summed E-state index contributed by atoms with van der Waals surface area (Å²) in [6, 6.07) is 26.3. The molecule has 0 bridgehead atoms. The van der Waals surface area contributed by atoms with Crippen LogP contribution >= 0.6 is 35.0 Å². The van der Waals surface area contributed by atoms with E-state index in [1.54, 1.807) is 0 Å². The van der Waals surface area contributed by atoms with Crippen LogP contribution in [0.15, 0.2) is 78.9 Å². The minimum Gasteiger partial charge on any atom is -0.232 e. The van der Waals surface area contributed by atoms with Crippen molar-refractivity contribution in [1.82, 2.24) is 9.97 Å². The van der Waals surface area contributed by atoms with E-state index < -0.39 is 0 Å². The monoisotopic (exact) mass is 462 g/mol. The van der Waals surface area contributed by atoms with E-state index in [4.69, 9.17) is 33.2 Å². The van der Waals surface area contributed by atoms with Crippen molar-refractivity contribution in [3.8, 4) is 22.6 Å². The Morgan fingerprint density at radius 1 is 0.774 bits per heavy atom. The predicted molar refractivity (Wildman–Crippen MR) is 132 cm³/mol. The first-order valence-electron chi connectivity index (χ1n) is 10.2. The third kappa shape index (κ3) is 4.50. The average Bonchev–Trinajstić information content (AvgIpc) is 2.81. The summed E-state index contributed by atoms with van der Waals surface area (Å²) in [5, 5.41) is 1.49. The molecule has 1 aliphatic heterocycles. The van der Waals surface area contributed by atoms with Gasteiger partial charge in [0.25, 0.3) is 0 Å². The first kappa shape index (κ1) is 20.6. The van der Waals surface area contributed by atoms with Gasteiger partial charge in [0.05, 0.1) is 11.4 Å². The van der Waals surface area contributed by atoms with Gasteiger partial charge < -0.3 is 0 Å². The summed E-state index contributed by atoms with van der Waals surface area (Å²) < 4.78 is 0. The fourth-order valence-electron chi connectivity index (χ4n) is 3.99. The van der Waals surface area contributed by atoms with Crippen LogP contribution in [-0.4, -0.2) is 15.7 Å². The zero-order chi connectivity index (χ0) is 21.2. The molecule has 31 heavy (non-hydrogen) atoms. The molecule has 0 radical (unpaired) electrons. The normalized spacial score (nSPS) is 15.5. The third-order valence-electron chi connectivity index (χ3n) is 5.54. The number of halogens is 2. The van der Waals surface area contributed by atoms with E-state index in [1.807, 2.05) is 66.4 Å². The van der Waals surface area contributed by atoms with E-state index in [1.165, 1.54) is 11.1 Å². The van der Waals surface area contributed by atoms with Crippen LogP contribution in [-0.2, 0) is 12.2 Å². The van der Waals surface area contributed by atoms with Crippen molar-refractivity contribution in [1.29, 1.82) is 0 Å². The Morgan fingerprint density at radius 3 is 2.16 bits per heavy atom. The van der Waals surface area contributed by atoms with Crippen molar-refractivity contribution < 1.29 is 0 Å². The minimum atomic E-state index is 0.325. The maximum absolute atomic E-state index is 6.15. The maximum Gasteiger partial charge on any atom is 0.160 e. The Balaban J connectivity index is 1.64. The van der Waals surface area contributed by atoms with Crippen molar-refractivity contribution in [3.63, 3.8) is 0 Å². The van der Waals surface area contributed by atoms with Gasteiger partial charge in [0.2, 0.25) is 0 Å². The van der Waals surface area contributed by atoms with Crippen molar-refractivity contribution in [2.75, 3.05) is 5.75 Å². The van der Waals surface area contributed by atoms with Gasteiger partial charge in [-0.3, -0.25) is 0 Å². The first-order chi connectivity index (χ1) is 15.2. The Labute approximate surface area is 196 Å². The average molecular weight is 463 g/mol. The molecule has 1 unspecified atom stereocenters. The van der Waals surface area contributed by atoms with E-state index in [9.17, 15) is 0 Å². The second-order valence-corrected chi connectivity index (χ2v) is 9.58. The largest absolute Gasteiger partial charge is 0.232 e. The van der Waals surface area contributed by atoms with Crippen molar-refractivity contribution in [2.24, 2.45) is 0 Å². The molecule has 154 valence electrons. The smallest absolute Gasteiger partial charge is 0.160 e. The number of benzene rings is 3. The highest BCUT2D eigenvalue weighted by atomic mass is 35.5. The highest BCUT2D eigenvalue weighted by molar-refractivity contribution is 7.98. The SMILES string of the molecule is Clc1ccc(CC2CSCc3c(-c4ccc(Cl)cc4)nc(-c4ccccc4)nc32)cc1. The molecule has 0 fully saturated rings. The second-order valence-electron chi connectivity index (χ2n) is 7.68. The van der Waals surface area contributed by atoms with E-state index in [-0.39, 0.29) is 0 Å². The lowest BCUT2D eigenvalue weighted by molar-refractivity contribution is 0.721. The molecule has 0 saturated heterocycles. The molecule has 0 aliphatic carbocycles. The number of rotatable bonds is 4. The predicted octanol–water partition coefficient (Wildman–Crippen LogP) is 7.69. The van der Waals surface area contributed by atoms with Gasteiger partial charge in [-0.2, -0.15) is 11.8 Å². The Bertz CT molecular complexity index is 1190. The Kier molecular flexibility index (Phi) is 5.99. The van der Waals surface area contributed by atoms with Crippen LogP contribution in [0.2, 0.25) is 10.0 Å². The van der Waals surface area contributed by atoms with Gasteiger partial charge in [0, 0.05) is 44.2 Å². The Hall–Kier alpha value is -2.33. The van der Waals surface area contributed by atoms with Crippen LogP contribution < -0.4 is 0 Å². The van der Waals surface area contributed by atoms with Gasteiger partial charge in [-0.15, -0.1) is 0 Å². The van der Waals surface area contributed by atoms with E-state index in [2.05, 4.69) is 24.3 Å². The van der Waals surface area contributed by atoms with Crippen molar-refractivity contribution in [2.45, 2.75) is 18.1 Å². The summed E-state index contributed by atoms with van der Waals surface area (Å²) in [6.45, 7) is 0. The lowest BCUT2D eigenvalue weighted by Crippen LogP contribution is -2.18. The third-order valence-corrected chi connectivity index (χ3v) is 7.17. The maximum atomic E-state index is 6.15. The fraction of sp³-hybridized carbons (Fsp3) is 0.154. The number of nitrogens with zero attached hydrogens (tertiary/aromatic N) is 2. The van der Waals surface area contributed by atoms with Crippen molar-refractivity contribution >= 4 is 35.0 Å². The van der Waals surface area contributed by atoms with Crippen LogP contribution in [0.5, 0.6) is 0 Å². The number of hydrogen-bond acceptors (Lipinski definition) is 3. The van der Waals surface area contributed by atoms with Gasteiger partial charge in [-0.25, -0.2) is 9.97 Å². The fourth-order valence-corrected chi connectivity index (χ4v) is 5.41. The standard InChI is InChI=1S/C26H20Cl2N2S/c27-21-10-6-17(7-11-21)14-20-15-31-16-23-24(18-8-12-22(28)13-9-18)29-26(30-25(20)23)19-4-2-1-3-5-19/h1-13,20H,14-16H2. The second kappa shape index (κ2) is 9.04. The highest BCUT2D eigenvalue weighted by Gasteiger charge is 2.27. The summed E-state index contributed by atoms with van der Waals surface area (Å²) in [6.07, 6.45) is 0.933. The molecule has 1 aromatic heterocycles. The summed E-state index contributed by atoms with van der Waals surface area (Å²) >= 11 is 14.2. The van der Waals surface area contributed by atoms with E-state index >= 15 is 0 Å². The Morgan fingerprint density at radius 2 is 1.45 bits per heavy atom. The summed E-state index contributed by atoms with van der Waals surface area (Å²) in [4.78, 5) is 10.1. The zero-order valence-corrected chi connectivity index (χ0v) is 19.1. The van der Waals surface area contributed by atoms with Crippen LogP contribution in [0, 0.1) is 0 Å². The lowest BCUT2D eigenvalue weighted by atomic mass is 9.92. The molecule has 0 amide bonds. The zero-order valence-electron chi connectivity index (χ0n) is 16.8. The molecule has 5 rings (SSSR count). The quantitative estimate of drug-likeness (QED) is 0.310. The van der Waals surface area contributed by atoms with Gasteiger partial charge in [-0.05, 0) is 36.2 Å². The van der Waals surface area contributed by atoms with Crippen LogP contribution in [0.25, 0.3) is 22.6 Å². The number of fused-ring (bicyclic) bond motifs is 1. The summed E-state index contributed by atoms with van der Waals surface area (Å²) in [7, 11) is 0. The summed E-state index contributed by atoms with van der Waals surface area (Å²) in [5.41, 5.74) is 6.78. The molecule has 4 aromatic rings. The van der Waals surface area contributed by atoms with Crippen LogP contribution in [0.3, 0.4) is 0 Å². The van der Waals surface area contributed by atoms with E-state index in [0.29, 0.717) is 5.92 Å². The molecule has 2 heterocycles. The number of aromatic nitrogens is 2. The number of hydrogen-bond donors (Lipinski definition) is 0. The van der Waals surface area contributed by atoms with Gasteiger partial charge >= 0.3 is 0 Å². The van der Waals surface area contributed by atoms with Crippen LogP contribution in [0.1, 0.15) is 22.7 Å². The van der Waals surface area contributed by atoms with Crippen LogP contribution in [0.4, 0.5) is 0 Å². The first-order valence-corrected chi connectivity index (χ1v) is 12.1. The topological polar surface area (TPSA) is 25.8 Å². The van der Waals surface area contributed by atoms with Crippen molar-refractivity contribution in [3.05, 3.63) is 106 Å². The molecular weight excluding hydrogens is 443 g/mol. The molecule has 0 N–H and O–H groups in total. The summed E-state index contributed by atoms with van der Waals surface area (Å²) in [5.74, 6) is 3.06. The van der Waals surface area contributed by atoms with E-state index in [0.717, 1.165) is 56.3 Å². The van der Waals surface area contributed by atoms with Gasteiger partial charge in [0.15, 0.2) is 5.82 Å². The molecule has 1 atom stereocenters. The van der Waals surface area contributed by atoms with Gasteiger partial charge in [-0.1, -0.05) is 77.8 Å². The number of thioether (sulfide) groups is 1. The molecule has 0 spiro atoms. The minimum absolute atomic E-state index is 0.325. The molecular formula is C26H20Cl2N2S. The molecule has 0 saturated carbocycles. The highest BCUT2D eigenvalue weighted by Crippen LogP contribution is 2.40. The lowest BCUT2D eigenvalue weighted by Gasteiger charge is -2.27. The molecule has 1 aliphatic rings. The van der Waals surface area contributed by atoms with Gasteiger partial charge in [0.1, 0.15) is 0 Å². The molecule has 3 aromatic carbocycles. The molecule has 2 nitrogen and oxygen atoms in total. The molecule has 5 heteroatoms.